The van der Waals surface area contributed by atoms with Gasteiger partial charge in [0, 0.05) is 5.56 Å². The fourth-order valence-electron chi connectivity index (χ4n) is 1.97. The van der Waals surface area contributed by atoms with Gasteiger partial charge in [-0.3, -0.25) is 4.79 Å². The fourth-order valence-corrected chi connectivity index (χ4v) is 1.97. The molecule has 19 heavy (non-hydrogen) atoms. The van der Waals surface area contributed by atoms with Gasteiger partial charge in [0.25, 0.3) is 0 Å². The summed E-state index contributed by atoms with van der Waals surface area (Å²) in [5.41, 5.74) is 2.77. The molecule has 4 heteroatoms. The Morgan fingerprint density at radius 3 is 2.63 bits per heavy atom. The van der Waals surface area contributed by atoms with E-state index in [9.17, 15) is 4.79 Å². The molecule has 1 aromatic carbocycles. The SMILES string of the molecule is CCC(C)c1ccc(-c2ncoc2CC(=O)O)cc1. The van der Waals surface area contributed by atoms with Crippen molar-refractivity contribution in [2.24, 2.45) is 0 Å². The van der Waals surface area contributed by atoms with E-state index >= 15 is 0 Å². The molecule has 0 aliphatic carbocycles. The van der Waals surface area contributed by atoms with Crippen molar-refractivity contribution < 1.29 is 14.3 Å². The van der Waals surface area contributed by atoms with Crippen LogP contribution in [-0.4, -0.2) is 16.1 Å². The van der Waals surface area contributed by atoms with E-state index in [1.165, 1.54) is 12.0 Å². The lowest BCUT2D eigenvalue weighted by Crippen LogP contribution is -2.00. The first-order chi connectivity index (χ1) is 9.11. The number of hydrogen-bond donors (Lipinski definition) is 1. The summed E-state index contributed by atoms with van der Waals surface area (Å²) >= 11 is 0. The lowest BCUT2D eigenvalue weighted by molar-refractivity contribution is -0.136. The zero-order chi connectivity index (χ0) is 13.8. The number of rotatable bonds is 5. The Hall–Kier alpha value is -2.10. The lowest BCUT2D eigenvalue weighted by atomic mass is 9.97. The second-order valence-corrected chi connectivity index (χ2v) is 4.63. The zero-order valence-electron chi connectivity index (χ0n) is 11.1. The van der Waals surface area contributed by atoms with E-state index < -0.39 is 5.97 Å². The van der Waals surface area contributed by atoms with E-state index in [0.29, 0.717) is 17.4 Å². The van der Waals surface area contributed by atoms with Gasteiger partial charge in [0.1, 0.15) is 17.9 Å². The van der Waals surface area contributed by atoms with Crippen LogP contribution in [0.1, 0.15) is 37.5 Å². The number of oxazole rings is 1. The first kappa shape index (κ1) is 13.3. The Morgan fingerprint density at radius 2 is 2.05 bits per heavy atom. The minimum atomic E-state index is -0.922. The number of hydrogen-bond acceptors (Lipinski definition) is 3. The molecule has 0 amide bonds. The topological polar surface area (TPSA) is 63.3 Å². The summed E-state index contributed by atoms with van der Waals surface area (Å²) in [5, 5.41) is 8.82. The maximum atomic E-state index is 10.7. The molecule has 0 bridgehead atoms. The maximum Gasteiger partial charge on any atom is 0.311 e. The molecular formula is C15H17NO3. The molecule has 1 atom stereocenters. The summed E-state index contributed by atoms with van der Waals surface area (Å²) in [4.78, 5) is 14.8. The van der Waals surface area contributed by atoms with Crippen LogP contribution in [0, 0.1) is 0 Å². The maximum absolute atomic E-state index is 10.7. The first-order valence-electron chi connectivity index (χ1n) is 6.36. The predicted octanol–water partition coefficient (Wildman–Crippen LogP) is 3.48. The summed E-state index contributed by atoms with van der Waals surface area (Å²) in [7, 11) is 0. The summed E-state index contributed by atoms with van der Waals surface area (Å²) in [6, 6.07) is 8.04. The molecular weight excluding hydrogens is 242 g/mol. The third kappa shape index (κ3) is 3.02. The van der Waals surface area contributed by atoms with Gasteiger partial charge in [-0.15, -0.1) is 0 Å². The minimum absolute atomic E-state index is 0.150. The van der Waals surface area contributed by atoms with E-state index in [4.69, 9.17) is 9.52 Å². The molecule has 0 fully saturated rings. The molecule has 0 saturated carbocycles. The molecule has 0 spiro atoms. The van der Waals surface area contributed by atoms with Crippen LogP contribution in [0.2, 0.25) is 0 Å². The number of aromatic nitrogens is 1. The summed E-state index contributed by atoms with van der Waals surface area (Å²) in [5.74, 6) is -0.0112. The number of aliphatic carboxylic acids is 1. The van der Waals surface area contributed by atoms with Crippen molar-refractivity contribution in [3.8, 4) is 11.3 Å². The van der Waals surface area contributed by atoms with Crippen LogP contribution in [0.3, 0.4) is 0 Å². The quantitative estimate of drug-likeness (QED) is 0.892. The predicted molar refractivity (Wildman–Crippen MR) is 72.0 cm³/mol. The third-order valence-corrected chi connectivity index (χ3v) is 3.32. The normalized spacial score (nSPS) is 12.3. The van der Waals surface area contributed by atoms with Crippen molar-refractivity contribution in [1.29, 1.82) is 0 Å². The van der Waals surface area contributed by atoms with E-state index in [0.717, 1.165) is 12.0 Å². The highest BCUT2D eigenvalue weighted by atomic mass is 16.4. The first-order valence-corrected chi connectivity index (χ1v) is 6.36. The van der Waals surface area contributed by atoms with E-state index in [2.05, 4.69) is 31.0 Å². The van der Waals surface area contributed by atoms with Crippen LogP contribution in [0.15, 0.2) is 35.1 Å². The summed E-state index contributed by atoms with van der Waals surface area (Å²) < 4.78 is 5.14. The van der Waals surface area contributed by atoms with Gasteiger partial charge in [0.15, 0.2) is 6.39 Å². The van der Waals surface area contributed by atoms with Crippen molar-refractivity contribution in [3.05, 3.63) is 42.0 Å². The van der Waals surface area contributed by atoms with Crippen molar-refractivity contribution in [2.75, 3.05) is 0 Å². The molecule has 1 N–H and O–H groups in total. The highest BCUT2D eigenvalue weighted by Gasteiger charge is 2.14. The summed E-state index contributed by atoms with van der Waals surface area (Å²) in [6.07, 6.45) is 2.23. The monoisotopic (exact) mass is 259 g/mol. The third-order valence-electron chi connectivity index (χ3n) is 3.32. The Bertz CT molecular complexity index is 557. The molecule has 1 heterocycles. The van der Waals surface area contributed by atoms with Crippen molar-refractivity contribution in [3.63, 3.8) is 0 Å². The van der Waals surface area contributed by atoms with Crippen LogP contribution in [0.5, 0.6) is 0 Å². The average molecular weight is 259 g/mol. The molecule has 2 rings (SSSR count). The van der Waals surface area contributed by atoms with Crippen LogP contribution < -0.4 is 0 Å². The van der Waals surface area contributed by atoms with Gasteiger partial charge in [-0.05, 0) is 17.9 Å². The Kier molecular flexibility index (Phi) is 4.00. The molecule has 100 valence electrons. The van der Waals surface area contributed by atoms with Crippen molar-refractivity contribution in [2.45, 2.75) is 32.6 Å². The molecule has 0 aliphatic heterocycles. The molecule has 4 nitrogen and oxygen atoms in total. The number of nitrogens with zero attached hydrogens (tertiary/aromatic N) is 1. The number of carboxylic acid groups (broad SMARTS) is 1. The number of carboxylic acids is 1. The van der Waals surface area contributed by atoms with E-state index in [1.54, 1.807) is 0 Å². The van der Waals surface area contributed by atoms with Gasteiger partial charge in [0.2, 0.25) is 0 Å². The molecule has 1 unspecified atom stereocenters. The highest BCUT2D eigenvalue weighted by Crippen LogP contribution is 2.26. The Balaban J connectivity index is 2.27. The van der Waals surface area contributed by atoms with Crippen LogP contribution in [0.25, 0.3) is 11.3 Å². The van der Waals surface area contributed by atoms with Crippen LogP contribution in [-0.2, 0) is 11.2 Å². The van der Waals surface area contributed by atoms with Crippen LogP contribution in [0.4, 0.5) is 0 Å². The van der Waals surface area contributed by atoms with Crippen molar-refractivity contribution in [1.82, 2.24) is 4.98 Å². The standard InChI is InChI=1S/C15H17NO3/c1-3-10(2)11-4-6-12(7-5-11)15-13(8-14(17)18)19-9-16-15/h4-7,9-10H,3,8H2,1-2H3,(H,17,18). The zero-order valence-corrected chi connectivity index (χ0v) is 11.1. The molecule has 0 aliphatic rings. The van der Waals surface area contributed by atoms with E-state index in [-0.39, 0.29) is 6.42 Å². The fraction of sp³-hybridized carbons (Fsp3) is 0.333. The molecule has 0 saturated heterocycles. The second kappa shape index (κ2) is 5.69. The van der Waals surface area contributed by atoms with Gasteiger partial charge < -0.3 is 9.52 Å². The Morgan fingerprint density at radius 1 is 1.37 bits per heavy atom. The molecule has 2 aromatic rings. The van der Waals surface area contributed by atoms with Gasteiger partial charge >= 0.3 is 5.97 Å². The molecule has 0 radical (unpaired) electrons. The number of carbonyl (C=O) groups is 1. The van der Waals surface area contributed by atoms with Gasteiger partial charge in [-0.25, -0.2) is 4.98 Å². The minimum Gasteiger partial charge on any atom is -0.481 e. The highest BCUT2D eigenvalue weighted by molar-refractivity contribution is 5.73. The van der Waals surface area contributed by atoms with Gasteiger partial charge in [-0.2, -0.15) is 0 Å². The summed E-state index contributed by atoms with van der Waals surface area (Å²) in [6.45, 7) is 4.34. The number of benzene rings is 1. The lowest BCUT2D eigenvalue weighted by Gasteiger charge is -2.09. The largest absolute Gasteiger partial charge is 0.481 e. The van der Waals surface area contributed by atoms with Gasteiger partial charge in [0.05, 0.1) is 0 Å². The smallest absolute Gasteiger partial charge is 0.311 e. The van der Waals surface area contributed by atoms with E-state index in [1.807, 2.05) is 12.1 Å². The van der Waals surface area contributed by atoms with Crippen molar-refractivity contribution >= 4 is 5.97 Å². The molecule has 1 aromatic heterocycles. The second-order valence-electron chi connectivity index (χ2n) is 4.63. The van der Waals surface area contributed by atoms with Gasteiger partial charge in [-0.1, -0.05) is 38.1 Å². The Labute approximate surface area is 112 Å². The average Bonchev–Trinajstić information content (AvgIpc) is 2.85. The van der Waals surface area contributed by atoms with Crippen LogP contribution >= 0.6 is 0 Å².